The van der Waals surface area contributed by atoms with Gasteiger partial charge >= 0.3 is 0 Å². The van der Waals surface area contributed by atoms with Gasteiger partial charge in [0.25, 0.3) is 0 Å². The molecule has 0 aromatic heterocycles. The van der Waals surface area contributed by atoms with Crippen molar-refractivity contribution in [3.63, 3.8) is 0 Å². The molecule has 1 aromatic rings. The average molecular weight is 260 g/mol. The topological polar surface area (TPSA) is 46.3 Å². The molecule has 1 saturated carbocycles. The van der Waals surface area contributed by atoms with Crippen molar-refractivity contribution in [3.8, 4) is 0 Å². The summed E-state index contributed by atoms with van der Waals surface area (Å²) in [4.78, 5) is 14.2. The standard InChI is InChI=1S/C16H24N2O/c1-2-18(16(19)10-13-6-5-7-13)12-15-9-4-3-8-14(15)11-17/h3-4,8-9,13H,2,5-7,10-12,17H2,1H3. The van der Waals surface area contributed by atoms with E-state index in [2.05, 4.69) is 6.07 Å². The Balaban J connectivity index is 1.99. The van der Waals surface area contributed by atoms with E-state index in [4.69, 9.17) is 5.73 Å². The van der Waals surface area contributed by atoms with E-state index in [0.29, 0.717) is 24.9 Å². The molecular weight excluding hydrogens is 236 g/mol. The fraction of sp³-hybridized carbons (Fsp3) is 0.562. The quantitative estimate of drug-likeness (QED) is 0.854. The number of carbonyl (C=O) groups excluding carboxylic acids is 1. The van der Waals surface area contributed by atoms with Crippen LogP contribution in [0.15, 0.2) is 24.3 Å². The van der Waals surface area contributed by atoms with Gasteiger partial charge in [0.05, 0.1) is 0 Å². The molecule has 19 heavy (non-hydrogen) atoms. The third-order valence-electron chi connectivity index (χ3n) is 4.12. The van der Waals surface area contributed by atoms with Gasteiger partial charge in [0.1, 0.15) is 0 Å². The van der Waals surface area contributed by atoms with Gasteiger partial charge in [-0.15, -0.1) is 0 Å². The van der Waals surface area contributed by atoms with Gasteiger partial charge in [0.2, 0.25) is 5.91 Å². The Morgan fingerprint density at radius 3 is 2.53 bits per heavy atom. The van der Waals surface area contributed by atoms with Crippen LogP contribution >= 0.6 is 0 Å². The van der Waals surface area contributed by atoms with Crippen LogP contribution in [0.5, 0.6) is 0 Å². The van der Waals surface area contributed by atoms with Crippen molar-refractivity contribution in [3.05, 3.63) is 35.4 Å². The van der Waals surface area contributed by atoms with Crippen LogP contribution in [-0.2, 0) is 17.9 Å². The first kappa shape index (κ1) is 14.1. The van der Waals surface area contributed by atoms with Crippen LogP contribution in [-0.4, -0.2) is 17.4 Å². The molecule has 0 heterocycles. The van der Waals surface area contributed by atoms with Crippen LogP contribution in [0.4, 0.5) is 0 Å². The molecule has 0 spiro atoms. The van der Waals surface area contributed by atoms with Crippen molar-refractivity contribution in [2.45, 2.75) is 45.7 Å². The van der Waals surface area contributed by atoms with Crippen molar-refractivity contribution in [2.24, 2.45) is 11.7 Å². The van der Waals surface area contributed by atoms with Gasteiger partial charge < -0.3 is 10.6 Å². The SMILES string of the molecule is CCN(Cc1ccccc1CN)C(=O)CC1CCC1. The first-order chi connectivity index (χ1) is 9.24. The van der Waals surface area contributed by atoms with E-state index in [-0.39, 0.29) is 0 Å². The summed E-state index contributed by atoms with van der Waals surface area (Å²) in [6, 6.07) is 8.12. The summed E-state index contributed by atoms with van der Waals surface area (Å²) >= 11 is 0. The number of hydrogen-bond acceptors (Lipinski definition) is 2. The summed E-state index contributed by atoms with van der Waals surface area (Å²) < 4.78 is 0. The molecule has 2 N–H and O–H groups in total. The zero-order chi connectivity index (χ0) is 13.7. The van der Waals surface area contributed by atoms with E-state index in [0.717, 1.165) is 18.5 Å². The lowest BCUT2D eigenvalue weighted by Crippen LogP contribution is -2.33. The predicted octanol–water partition coefficient (Wildman–Crippen LogP) is 2.68. The van der Waals surface area contributed by atoms with Crippen molar-refractivity contribution in [1.29, 1.82) is 0 Å². The van der Waals surface area contributed by atoms with Gasteiger partial charge in [0.15, 0.2) is 0 Å². The molecule has 0 unspecified atom stereocenters. The first-order valence-electron chi connectivity index (χ1n) is 7.29. The maximum Gasteiger partial charge on any atom is 0.223 e. The Bertz CT molecular complexity index is 427. The molecule has 0 aliphatic heterocycles. The summed E-state index contributed by atoms with van der Waals surface area (Å²) in [6.45, 7) is 4.04. The highest BCUT2D eigenvalue weighted by atomic mass is 16.2. The monoisotopic (exact) mass is 260 g/mol. The van der Waals surface area contributed by atoms with Crippen LogP contribution in [0, 0.1) is 5.92 Å². The fourth-order valence-electron chi connectivity index (χ4n) is 2.57. The molecule has 104 valence electrons. The second-order valence-electron chi connectivity index (χ2n) is 5.38. The molecule has 0 atom stereocenters. The molecule has 3 heteroatoms. The number of nitrogens with two attached hydrogens (primary N) is 1. The largest absolute Gasteiger partial charge is 0.339 e. The fourth-order valence-corrected chi connectivity index (χ4v) is 2.57. The van der Waals surface area contributed by atoms with Crippen molar-refractivity contribution in [2.75, 3.05) is 6.54 Å². The van der Waals surface area contributed by atoms with Crippen molar-refractivity contribution < 1.29 is 4.79 Å². The Labute approximate surface area is 115 Å². The third kappa shape index (κ3) is 3.57. The number of nitrogens with zero attached hydrogens (tertiary/aromatic N) is 1. The molecule has 0 radical (unpaired) electrons. The summed E-state index contributed by atoms with van der Waals surface area (Å²) in [7, 11) is 0. The van der Waals surface area contributed by atoms with Gasteiger partial charge in [-0.05, 0) is 36.8 Å². The molecule has 1 aromatic carbocycles. The Morgan fingerprint density at radius 1 is 1.32 bits per heavy atom. The molecular formula is C16H24N2O. The molecule has 0 saturated heterocycles. The Morgan fingerprint density at radius 2 is 2.00 bits per heavy atom. The zero-order valence-electron chi connectivity index (χ0n) is 11.8. The molecule has 1 amide bonds. The summed E-state index contributed by atoms with van der Waals surface area (Å²) in [6.07, 6.45) is 4.46. The lowest BCUT2D eigenvalue weighted by molar-refractivity contribution is -0.133. The molecule has 1 fully saturated rings. The lowest BCUT2D eigenvalue weighted by atomic mass is 9.82. The number of amides is 1. The van der Waals surface area contributed by atoms with Gasteiger partial charge in [0, 0.05) is 26.1 Å². The second kappa shape index (κ2) is 6.71. The van der Waals surface area contributed by atoms with Crippen LogP contribution in [0.2, 0.25) is 0 Å². The molecule has 1 aliphatic rings. The number of benzene rings is 1. The van der Waals surface area contributed by atoms with Crippen LogP contribution in [0.1, 0.15) is 43.7 Å². The minimum Gasteiger partial charge on any atom is -0.339 e. The van der Waals surface area contributed by atoms with E-state index >= 15 is 0 Å². The van der Waals surface area contributed by atoms with E-state index < -0.39 is 0 Å². The van der Waals surface area contributed by atoms with Gasteiger partial charge in [-0.2, -0.15) is 0 Å². The maximum absolute atomic E-state index is 12.3. The van der Waals surface area contributed by atoms with Crippen molar-refractivity contribution >= 4 is 5.91 Å². The Hall–Kier alpha value is -1.35. The number of rotatable bonds is 6. The third-order valence-corrected chi connectivity index (χ3v) is 4.12. The predicted molar refractivity (Wildman–Crippen MR) is 77.4 cm³/mol. The smallest absolute Gasteiger partial charge is 0.223 e. The lowest BCUT2D eigenvalue weighted by Gasteiger charge is -2.29. The minimum absolute atomic E-state index is 0.291. The average Bonchev–Trinajstić information content (AvgIpc) is 2.40. The van der Waals surface area contributed by atoms with Crippen molar-refractivity contribution in [1.82, 2.24) is 4.90 Å². The highest BCUT2D eigenvalue weighted by Crippen LogP contribution is 2.30. The van der Waals surface area contributed by atoms with E-state index in [1.54, 1.807) is 0 Å². The first-order valence-corrected chi connectivity index (χ1v) is 7.29. The number of carbonyl (C=O) groups is 1. The van der Waals surface area contributed by atoms with E-state index in [1.165, 1.54) is 24.8 Å². The van der Waals surface area contributed by atoms with Crippen LogP contribution in [0.3, 0.4) is 0 Å². The molecule has 2 rings (SSSR count). The van der Waals surface area contributed by atoms with Crippen LogP contribution < -0.4 is 5.73 Å². The summed E-state index contributed by atoms with van der Waals surface area (Å²) in [5.41, 5.74) is 8.06. The molecule has 3 nitrogen and oxygen atoms in total. The highest BCUT2D eigenvalue weighted by molar-refractivity contribution is 5.76. The Kier molecular flexibility index (Phi) is 4.97. The van der Waals surface area contributed by atoms with E-state index in [1.807, 2.05) is 30.0 Å². The normalized spacial score (nSPS) is 15.1. The van der Waals surface area contributed by atoms with Gasteiger partial charge in [-0.25, -0.2) is 0 Å². The van der Waals surface area contributed by atoms with E-state index in [9.17, 15) is 4.79 Å². The zero-order valence-corrected chi connectivity index (χ0v) is 11.8. The summed E-state index contributed by atoms with van der Waals surface area (Å²) in [5.74, 6) is 0.922. The number of hydrogen-bond donors (Lipinski definition) is 1. The van der Waals surface area contributed by atoms with Crippen LogP contribution in [0.25, 0.3) is 0 Å². The highest BCUT2D eigenvalue weighted by Gasteiger charge is 2.23. The van der Waals surface area contributed by atoms with Gasteiger partial charge in [-0.1, -0.05) is 30.7 Å². The molecule has 0 bridgehead atoms. The minimum atomic E-state index is 0.291. The second-order valence-corrected chi connectivity index (χ2v) is 5.38. The summed E-state index contributed by atoms with van der Waals surface area (Å²) in [5, 5.41) is 0. The molecule has 1 aliphatic carbocycles. The maximum atomic E-state index is 12.3. The van der Waals surface area contributed by atoms with Gasteiger partial charge in [-0.3, -0.25) is 4.79 Å².